The standard InChI is InChI=1S/C17H24N6/c1-13(2)22-14-8-9-16(22)12-21(11-10-14)17-18-19-20-23(17)15-6-4-3-5-7-15/h3-7,13-14,16H,8-12H2,1-2H3/t14-,16-/m0/s1. The molecule has 0 amide bonds. The second-order valence-electron chi connectivity index (χ2n) is 6.89. The second-order valence-corrected chi connectivity index (χ2v) is 6.89. The van der Waals surface area contributed by atoms with Crippen molar-refractivity contribution in [3.63, 3.8) is 0 Å². The van der Waals surface area contributed by atoms with Crippen LogP contribution in [0.25, 0.3) is 5.69 Å². The largest absolute Gasteiger partial charge is 0.338 e. The minimum absolute atomic E-state index is 0.609. The summed E-state index contributed by atoms with van der Waals surface area (Å²) >= 11 is 0. The number of fused-ring (bicyclic) bond motifs is 2. The zero-order valence-electron chi connectivity index (χ0n) is 13.8. The lowest BCUT2D eigenvalue weighted by molar-refractivity contribution is 0.158. The summed E-state index contributed by atoms with van der Waals surface area (Å²) in [6.07, 6.45) is 3.81. The van der Waals surface area contributed by atoms with Crippen LogP contribution < -0.4 is 4.90 Å². The molecule has 122 valence electrons. The van der Waals surface area contributed by atoms with E-state index in [9.17, 15) is 0 Å². The molecule has 0 spiro atoms. The number of anilines is 1. The van der Waals surface area contributed by atoms with Crippen LogP contribution in [0.1, 0.15) is 33.1 Å². The molecule has 2 aliphatic rings. The highest BCUT2D eigenvalue weighted by Gasteiger charge is 2.39. The molecule has 6 nitrogen and oxygen atoms in total. The molecule has 1 aromatic heterocycles. The Balaban J connectivity index is 1.62. The van der Waals surface area contributed by atoms with Gasteiger partial charge in [-0.3, -0.25) is 4.90 Å². The Bertz CT molecular complexity index is 652. The van der Waals surface area contributed by atoms with Crippen LogP contribution >= 0.6 is 0 Å². The first-order valence-corrected chi connectivity index (χ1v) is 8.60. The fraction of sp³-hybridized carbons (Fsp3) is 0.588. The summed E-state index contributed by atoms with van der Waals surface area (Å²) < 4.78 is 1.86. The predicted molar refractivity (Wildman–Crippen MR) is 89.8 cm³/mol. The number of rotatable bonds is 3. The van der Waals surface area contributed by atoms with E-state index in [1.54, 1.807) is 0 Å². The Labute approximate surface area is 137 Å². The van der Waals surface area contributed by atoms with Crippen molar-refractivity contribution < 1.29 is 0 Å². The monoisotopic (exact) mass is 312 g/mol. The van der Waals surface area contributed by atoms with Gasteiger partial charge in [-0.25, -0.2) is 0 Å². The third kappa shape index (κ3) is 2.61. The number of tetrazole rings is 1. The topological polar surface area (TPSA) is 50.1 Å². The van der Waals surface area contributed by atoms with Crippen molar-refractivity contribution in [2.45, 2.75) is 51.2 Å². The molecule has 23 heavy (non-hydrogen) atoms. The maximum atomic E-state index is 4.32. The highest BCUT2D eigenvalue weighted by Crippen LogP contribution is 2.33. The number of nitrogens with zero attached hydrogens (tertiary/aromatic N) is 6. The van der Waals surface area contributed by atoms with Gasteiger partial charge in [-0.15, -0.1) is 0 Å². The lowest BCUT2D eigenvalue weighted by Gasteiger charge is -2.32. The summed E-state index contributed by atoms with van der Waals surface area (Å²) in [7, 11) is 0. The smallest absolute Gasteiger partial charge is 0.250 e. The normalized spacial score (nSPS) is 25.1. The average Bonchev–Trinajstić information content (AvgIpc) is 3.13. The zero-order chi connectivity index (χ0) is 15.8. The van der Waals surface area contributed by atoms with Crippen LogP contribution in [0.5, 0.6) is 0 Å². The van der Waals surface area contributed by atoms with Crippen LogP contribution in [0.4, 0.5) is 5.95 Å². The second kappa shape index (κ2) is 5.92. The van der Waals surface area contributed by atoms with Crippen LogP contribution in [0.2, 0.25) is 0 Å². The molecule has 0 unspecified atom stereocenters. The van der Waals surface area contributed by atoms with Crippen LogP contribution in [0.3, 0.4) is 0 Å². The molecule has 0 N–H and O–H groups in total. The van der Waals surface area contributed by atoms with Crippen LogP contribution in [-0.2, 0) is 0 Å². The van der Waals surface area contributed by atoms with Gasteiger partial charge in [0, 0.05) is 31.2 Å². The molecule has 2 aliphatic heterocycles. The molecule has 0 saturated carbocycles. The van der Waals surface area contributed by atoms with Gasteiger partial charge in [0.15, 0.2) is 0 Å². The number of benzene rings is 1. The minimum Gasteiger partial charge on any atom is -0.338 e. The maximum absolute atomic E-state index is 4.32. The Morgan fingerprint density at radius 2 is 1.83 bits per heavy atom. The first kappa shape index (κ1) is 14.6. The van der Waals surface area contributed by atoms with E-state index >= 15 is 0 Å². The van der Waals surface area contributed by atoms with Crippen LogP contribution in [-0.4, -0.2) is 56.3 Å². The van der Waals surface area contributed by atoms with Gasteiger partial charge >= 0.3 is 0 Å². The predicted octanol–water partition coefficient (Wildman–Crippen LogP) is 2.11. The third-order valence-corrected chi connectivity index (χ3v) is 5.17. The third-order valence-electron chi connectivity index (χ3n) is 5.17. The minimum atomic E-state index is 0.609. The summed E-state index contributed by atoms with van der Waals surface area (Å²) in [5.74, 6) is 0.868. The van der Waals surface area contributed by atoms with Gasteiger partial charge in [-0.1, -0.05) is 23.3 Å². The van der Waals surface area contributed by atoms with Crippen molar-refractivity contribution in [3.8, 4) is 5.69 Å². The maximum Gasteiger partial charge on any atom is 0.250 e. The summed E-state index contributed by atoms with van der Waals surface area (Å²) in [6.45, 7) is 6.67. The molecule has 0 radical (unpaired) electrons. The first-order chi connectivity index (χ1) is 11.2. The van der Waals surface area contributed by atoms with E-state index in [0.717, 1.165) is 24.7 Å². The Kier molecular flexibility index (Phi) is 3.77. The molecule has 2 bridgehead atoms. The lowest BCUT2D eigenvalue weighted by atomic mass is 10.1. The lowest BCUT2D eigenvalue weighted by Crippen LogP contribution is -2.43. The summed E-state index contributed by atoms with van der Waals surface area (Å²) in [5.41, 5.74) is 1.02. The SMILES string of the molecule is CC(C)N1[C@H]2CC[C@H]1CN(c1nnnn1-c1ccccc1)CC2. The first-order valence-electron chi connectivity index (χ1n) is 8.60. The van der Waals surface area contributed by atoms with Gasteiger partial charge in [-0.05, 0) is 55.7 Å². The van der Waals surface area contributed by atoms with E-state index in [4.69, 9.17) is 0 Å². The molecule has 6 heteroatoms. The van der Waals surface area contributed by atoms with Crippen molar-refractivity contribution in [1.82, 2.24) is 25.1 Å². The van der Waals surface area contributed by atoms with Crippen molar-refractivity contribution in [3.05, 3.63) is 30.3 Å². The van der Waals surface area contributed by atoms with Gasteiger partial charge in [0.25, 0.3) is 0 Å². The summed E-state index contributed by atoms with van der Waals surface area (Å²) in [5, 5.41) is 12.5. The van der Waals surface area contributed by atoms with Crippen LogP contribution in [0.15, 0.2) is 30.3 Å². The molecule has 4 rings (SSSR count). The fourth-order valence-corrected chi connectivity index (χ4v) is 4.25. The fourth-order valence-electron chi connectivity index (χ4n) is 4.25. The van der Waals surface area contributed by atoms with Crippen molar-refractivity contribution in [2.75, 3.05) is 18.0 Å². The molecule has 0 aliphatic carbocycles. The molecule has 2 aromatic rings. The van der Waals surface area contributed by atoms with Gasteiger partial charge in [0.05, 0.1) is 5.69 Å². The molecular weight excluding hydrogens is 288 g/mol. The summed E-state index contributed by atoms with van der Waals surface area (Å²) in [4.78, 5) is 5.07. The molecule has 2 atom stereocenters. The van der Waals surface area contributed by atoms with E-state index < -0.39 is 0 Å². The number of para-hydroxylation sites is 1. The molecule has 1 aromatic carbocycles. The van der Waals surface area contributed by atoms with Gasteiger partial charge in [0.2, 0.25) is 5.95 Å². The van der Waals surface area contributed by atoms with Crippen molar-refractivity contribution in [1.29, 1.82) is 0 Å². The van der Waals surface area contributed by atoms with Gasteiger partial charge in [-0.2, -0.15) is 4.68 Å². The van der Waals surface area contributed by atoms with E-state index in [1.807, 2.05) is 35.0 Å². The van der Waals surface area contributed by atoms with E-state index in [-0.39, 0.29) is 0 Å². The highest BCUT2D eigenvalue weighted by atomic mass is 15.6. The van der Waals surface area contributed by atoms with Crippen LogP contribution in [0, 0.1) is 0 Å². The van der Waals surface area contributed by atoms with E-state index in [2.05, 4.69) is 39.2 Å². The zero-order valence-corrected chi connectivity index (χ0v) is 13.8. The highest BCUT2D eigenvalue weighted by molar-refractivity contribution is 5.41. The average molecular weight is 312 g/mol. The quantitative estimate of drug-likeness (QED) is 0.869. The van der Waals surface area contributed by atoms with E-state index in [1.165, 1.54) is 19.3 Å². The van der Waals surface area contributed by atoms with Gasteiger partial charge in [0.1, 0.15) is 0 Å². The van der Waals surface area contributed by atoms with Crippen molar-refractivity contribution in [2.24, 2.45) is 0 Å². The molecule has 3 heterocycles. The number of hydrogen-bond acceptors (Lipinski definition) is 5. The van der Waals surface area contributed by atoms with Gasteiger partial charge < -0.3 is 4.90 Å². The molecule has 2 saturated heterocycles. The summed E-state index contributed by atoms with van der Waals surface area (Å²) in [6, 6.07) is 12.1. The van der Waals surface area contributed by atoms with E-state index in [0.29, 0.717) is 18.1 Å². The Morgan fingerprint density at radius 1 is 1.04 bits per heavy atom. The van der Waals surface area contributed by atoms with Crippen molar-refractivity contribution >= 4 is 5.95 Å². The number of aromatic nitrogens is 4. The molecular formula is C17H24N6. The Morgan fingerprint density at radius 3 is 2.61 bits per heavy atom. The number of hydrogen-bond donors (Lipinski definition) is 0. The Hall–Kier alpha value is -1.95. The molecule has 2 fully saturated rings.